The minimum Gasteiger partial charge on any atom is -0.480 e. The number of aryl methyl sites for hydroxylation is 1. The average Bonchev–Trinajstić information content (AvgIpc) is 2.77. The Balaban J connectivity index is 1.76. The number of carboxylic acid groups (broad SMARTS) is 1. The maximum Gasteiger partial charge on any atom is 0.326 e. The van der Waals surface area contributed by atoms with E-state index in [-0.39, 0.29) is 5.91 Å². The van der Waals surface area contributed by atoms with Crippen LogP contribution >= 0.6 is 0 Å². The molecule has 2 rings (SSSR count). The van der Waals surface area contributed by atoms with Crippen LogP contribution in [0, 0.1) is 0 Å². The number of benzene rings is 1. The van der Waals surface area contributed by atoms with Crippen LogP contribution in [0.15, 0.2) is 30.3 Å². The molecule has 1 aliphatic heterocycles. The summed E-state index contributed by atoms with van der Waals surface area (Å²) in [5, 5.41) is 9.04. The third-order valence-corrected chi connectivity index (χ3v) is 3.57. The van der Waals surface area contributed by atoms with Crippen LogP contribution in [-0.4, -0.2) is 34.5 Å². The molecule has 0 aromatic heterocycles. The predicted octanol–water partition coefficient (Wildman–Crippen LogP) is 2.08. The third kappa shape index (κ3) is 3.56. The maximum atomic E-state index is 11.6. The van der Waals surface area contributed by atoms with E-state index in [1.54, 1.807) is 0 Å². The number of rotatable bonds is 6. The van der Waals surface area contributed by atoms with Crippen molar-refractivity contribution in [2.45, 2.75) is 38.1 Å². The van der Waals surface area contributed by atoms with Crippen LogP contribution in [0.25, 0.3) is 0 Å². The van der Waals surface area contributed by atoms with Crippen molar-refractivity contribution in [3.63, 3.8) is 0 Å². The molecule has 0 spiro atoms. The van der Waals surface area contributed by atoms with Gasteiger partial charge in [-0.3, -0.25) is 4.79 Å². The molecule has 0 bridgehead atoms. The zero-order valence-corrected chi connectivity index (χ0v) is 10.9. The van der Waals surface area contributed by atoms with Crippen LogP contribution in [0.5, 0.6) is 0 Å². The molecule has 1 N–H and O–H groups in total. The van der Waals surface area contributed by atoms with E-state index < -0.39 is 12.0 Å². The number of unbranched alkanes of at least 4 members (excludes halogenated alkanes) is 1. The molecule has 1 aromatic rings. The minimum absolute atomic E-state index is 0.0212. The molecule has 102 valence electrons. The van der Waals surface area contributed by atoms with Gasteiger partial charge in [0.2, 0.25) is 5.91 Å². The lowest BCUT2D eigenvalue weighted by Gasteiger charge is -2.21. The van der Waals surface area contributed by atoms with E-state index in [1.807, 2.05) is 18.2 Å². The first kappa shape index (κ1) is 13.6. The van der Waals surface area contributed by atoms with Gasteiger partial charge in [0, 0.05) is 13.0 Å². The first-order valence-corrected chi connectivity index (χ1v) is 6.74. The number of hydrogen-bond acceptors (Lipinski definition) is 2. The van der Waals surface area contributed by atoms with Crippen molar-refractivity contribution in [2.75, 3.05) is 6.54 Å². The molecule has 0 aliphatic carbocycles. The summed E-state index contributed by atoms with van der Waals surface area (Å²) in [5.74, 6) is -0.902. The fourth-order valence-electron chi connectivity index (χ4n) is 2.53. The molecule has 0 radical (unpaired) electrons. The molecule has 4 nitrogen and oxygen atoms in total. The van der Waals surface area contributed by atoms with Crippen LogP contribution < -0.4 is 0 Å². The van der Waals surface area contributed by atoms with E-state index in [0.29, 0.717) is 19.4 Å². The van der Waals surface area contributed by atoms with Gasteiger partial charge in [0.25, 0.3) is 0 Å². The molecule has 0 saturated carbocycles. The number of carbonyl (C=O) groups excluding carboxylic acids is 1. The Kier molecular flexibility index (Phi) is 4.55. The lowest BCUT2D eigenvalue weighted by molar-refractivity contribution is -0.146. The van der Waals surface area contributed by atoms with Crippen molar-refractivity contribution < 1.29 is 14.7 Å². The van der Waals surface area contributed by atoms with Crippen molar-refractivity contribution in [1.29, 1.82) is 0 Å². The fourth-order valence-corrected chi connectivity index (χ4v) is 2.53. The van der Waals surface area contributed by atoms with Crippen LogP contribution in [-0.2, 0) is 16.0 Å². The molecule has 1 aliphatic rings. The van der Waals surface area contributed by atoms with E-state index in [0.717, 1.165) is 19.3 Å². The standard InChI is InChI=1S/C15H19NO3/c17-14-10-9-13(15(18)19)16(14)11-5-4-8-12-6-2-1-3-7-12/h1-3,6-7,13H,4-5,8-11H2,(H,18,19). The van der Waals surface area contributed by atoms with Crippen LogP contribution in [0.2, 0.25) is 0 Å². The quantitative estimate of drug-likeness (QED) is 0.798. The molecule has 19 heavy (non-hydrogen) atoms. The number of hydrogen-bond donors (Lipinski definition) is 1. The molecular weight excluding hydrogens is 242 g/mol. The minimum atomic E-state index is -0.881. The second kappa shape index (κ2) is 6.36. The summed E-state index contributed by atoms with van der Waals surface area (Å²) in [6.07, 6.45) is 3.62. The van der Waals surface area contributed by atoms with Gasteiger partial charge in [-0.15, -0.1) is 0 Å². The number of aliphatic carboxylic acids is 1. The van der Waals surface area contributed by atoms with E-state index >= 15 is 0 Å². The molecule has 1 unspecified atom stereocenters. The van der Waals surface area contributed by atoms with Crippen molar-refractivity contribution in [2.24, 2.45) is 0 Å². The second-order valence-corrected chi connectivity index (χ2v) is 4.92. The Bertz CT molecular complexity index is 444. The molecule has 1 fully saturated rings. The molecule has 1 saturated heterocycles. The van der Waals surface area contributed by atoms with Crippen LogP contribution in [0.3, 0.4) is 0 Å². The van der Waals surface area contributed by atoms with Gasteiger partial charge in [0.1, 0.15) is 6.04 Å². The van der Waals surface area contributed by atoms with Gasteiger partial charge >= 0.3 is 5.97 Å². The van der Waals surface area contributed by atoms with Gasteiger partial charge in [0.05, 0.1) is 0 Å². The van der Waals surface area contributed by atoms with Crippen molar-refractivity contribution >= 4 is 11.9 Å². The number of nitrogens with zero attached hydrogens (tertiary/aromatic N) is 1. The van der Waals surface area contributed by atoms with Crippen molar-refractivity contribution in [3.05, 3.63) is 35.9 Å². The summed E-state index contributed by atoms with van der Waals surface area (Å²) in [6.45, 7) is 0.558. The van der Waals surface area contributed by atoms with Gasteiger partial charge in [-0.2, -0.15) is 0 Å². The van der Waals surface area contributed by atoms with E-state index in [4.69, 9.17) is 5.11 Å². The van der Waals surface area contributed by atoms with Gasteiger partial charge < -0.3 is 10.0 Å². The Morgan fingerprint density at radius 3 is 2.68 bits per heavy atom. The van der Waals surface area contributed by atoms with E-state index in [1.165, 1.54) is 10.5 Å². The highest BCUT2D eigenvalue weighted by Crippen LogP contribution is 2.19. The predicted molar refractivity (Wildman–Crippen MR) is 71.8 cm³/mol. The van der Waals surface area contributed by atoms with Gasteiger partial charge in [-0.25, -0.2) is 4.79 Å². The Labute approximate surface area is 113 Å². The highest BCUT2D eigenvalue weighted by atomic mass is 16.4. The van der Waals surface area contributed by atoms with Crippen molar-refractivity contribution in [3.8, 4) is 0 Å². The highest BCUT2D eigenvalue weighted by Gasteiger charge is 2.35. The summed E-state index contributed by atoms with van der Waals surface area (Å²) < 4.78 is 0. The fraction of sp³-hybridized carbons (Fsp3) is 0.467. The Hall–Kier alpha value is -1.84. The normalized spacial score (nSPS) is 18.8. The number of amides is 1. The first-order chi connectivity index (χ1) is 9.18. The van der Waals surface area contributed by atoms with Gasteiger partial charge in [0.15, 0.2) is 0 Å². The highest BCUT2D eigenvalue weighted by molar-refractivity contribution is 5.87. The van der Waals surface area contributed by atoms with Crippen LogP contribution in [0.4, 0.5) is 0 Å². The van der Waals surface area contributed by atoms with Gasteiger partial charge in [-0.05, 0) is 31.2 Å². The van der Waals surface area contributed by atoms with E-state index in [9.17, 15) is 9.59 Å². The Morgan fingerprint density at radius 1 is 1.26 bits per heavy atom. The SMILES string of the molecule is O=C(O)C1CCC(=O)N1CCCCc1ccccc1. The summed E-state index contributed by atoms with van der Waals surface area (Å²) >= 11 is 0. The first-order valence-electron chi connectivity index (χ1n) is 6.74. The lowest BCUT2D eigenvalue weighted by atomic mass is 10.1. The molecule has 1 heterocycles. The Morgan fingerprint density at radius 2 is 2.00 bits per heavy atom. The number of likely N-dealkylation sites (tertiary alicyclic amines) is 1. The smallest absolute Gasteiger partial charge is 0.326 e. The molecule has 1 atom stereocenters. The summed E-state index contributed by atoms with van der Waals surface area (Å²) in [6, 6.07) is 9.58. The number of carbonyl (C=O) groups is 2. The zero-order chi connectivity index (χ0) is 13.7. The average molecular weight is 261 g/mol. The largest absolute Gasteiger partial charge is 0.480 e. The van der Waals surface area contributed by atoms with Gasteiger partial charge in [-0.1, -0.05) is 30.3 Å². The molecule has 1 amide bonds. The summed E-state index contributed by atoms with van der Waals surface area (Å²) in [5.41, 5.74) is 1.28. The van der Waals surface area contributed by atoms with Crippen molar-refractivity contribution in [1.82, 2.24) is 4.90 Å². The number of carboxylic acids is 1. The zero-order valence-electron chi connectivity index (χ0n) is 10.9. The molecule has 4 heteroatoms. The summed E-state index contributed by atoms with van der Waals surface area (Å²) in [4.78, 5) is 24.2. The topological polar surface area (TPSA) is 57.6 Å². The second-order valence-electron chi connectivity index (χ2n) is 4.92. The molecule has 1 aromatic carbocycles. The monoisotopic (exact) mass is 261 g/mol. The van der Waals surface area contributed by atoms with E-state index in [2.05, 4.69) is 12.1 Å². The third-order valence-electron chi connectivity index (χ3n) is 3.57. The summed E-state index contributed by atoms with van der Waals surface area (Å²) in [7, 11) is 0. The lowest BCUT2D eigenvalue weighted by Crippen LogP contribution is -2.39. The maximum absolute atomic E-state index is 11.6. The van der Waals surface area contributed by atoms with Crippen LogP contribution in [0.1, 0.15) is 31.2 Å². The molecular formula is C15H19NO3.